The first-order valence-electron chi connectivity index (χ1n) is 9.16. The maximum absolute atomic E-state index is 12.4. The Balaban J connectivity index is 2.05. The van der Waals surface area contributed by atoms with Gasteiger partial charge in [0.25, 0.3) is 0 Å². The molecule has 2 aromatic rings. The number of carboxylic acid groups (broad SMARTS) is 1. The molecule has 6 heteroatoms. The third kappa shape index (κ3) is 6.98. The Morgan fingerprint density at radius 2 is 1.13 bits per heavy atom. The zero-order valence-corrected chi connectivity index (χ0v) is 16.9. The number of ketones is 2. The van der Waals surface area contributed by atoms with Crippen LogP contribution >= 0.6 is 0 Å². The fourth-order valence-corrected chi connectivity index (χ4v) is 2.42. The minimum Gasteiger partial charge on any atom is -0.478 e. The SMILES string of the molecule is CC(C)(C)OC(=O)/C=C/c1ccc(C(=O)C(=O)c2ccc(/C=C/C(=O)O)cc2)cc1. The lowest BCUT2D eigenvalue weighted by molar-refractivity contribution is -0.148. The second-order valence-corrected chi connectivity index (χ2v) is 7.44. The van der Waals surface area contributed by atoms with Crippen molar-refractivity contribution in [3.63, 3.8) is 0 Å². The molecule has 0 saturated carbocycles. The first kappa shape index (κ1) is 22.5. The summed E-state index contributed by atoms with van der Waals surface area (Å²) in [6.07, 6.45) is 5.24. The molecule has 0 fully saturated rings. The molecule has 0 unspecified atom stereocenters. The first-order valence-corrected chi connectivity index (χ1v) is 9.16. The monoisotopic (exact) mass is 406 g/mol. The third-order valence-corrected chi connectivity index (χ3v) is 3.79. The average Bonchev–Trinajstić information content (AvgIpc) is 2.69. The van der Waals surface area contributed by atoms with Crippen molar-refractivity contribution < 1.29 is 29.0 Å². The predicted octanol–water partition coefficient (Wildman–Crippen LogP) is 4.20. The van der Waals surface area contributed by atoms with Crippen LogP contribution in [0.25, 0.3) is 12.2 Å². The Bertz CT molecular complexity index is 1000. The summed E-state index contributed by atoms with van der Waals surface area (Å²) in [6, 6.07) is 12.3. The summed E-state index contributed by atoms with van der Waals surface area (Å²) in [5, 5.41) is 8.63. The van der Waals surface area contributed by atoms with Gasteiger partial charge >= 0.3 is 11.9 Å². The number of benzene rings is 2. The molecule has 0 heterocycles. The number of rotatable bonds is 7. The maximum Gasteiger partial charge on any atom is 0.331 e. The van der Waals surface area contributed by atoms with Crippen LogP contribution in [0.5, 0.6) is 0 Å². The van der Waals surface area contributed by atoms with Crippen LogP contribution in [0.1, 0.15) is 52.6 Å². The number of Topliss-reactive ketones (excluding diaryl/α,β-unsaturated/α-hetero) is 2. The van der Waals surface area contributed by atoms with E-state index in [1.165, 1.54) is 36.4 Å². The third-order valence-electron chi connectivity index (χ3n) is 3.79. The maximum atomic E-state index is 12.4. The molecule has 1 N–H and O–H groups in total. The number of ether oxygens (including phenoxy) is 1. The predicted molar refractivity (Wildman–Crippen MR) is 113 cm³/mol. The van der Waals surface area contributed by atoms with Gasteiger partial charge in [-0.3, -0.25) is 9.59 Å². The van der Waals surface area contributed by atoms with Gasteiger partial charge in [0.15, 0.2) is 0 Å². The van der Waals surface area contributed by atoms with Gasteiger partial charge < -0.3 is 9.84 Å². The molecule has 0 aliphatic rings. The average molecular weight is 406 g/mol. The summed E-state index contributed by atoms with van der Waals surface area (Å²) in [6.45, 7) is 5.32. The van der Waals surface area contributed by atoms with E-state index in [0.29, 0.717) is 11.1 Å². The Kier molecular flexibility index (Phi) is 7.20. The van der Waals surface area contributed by atoms with E-state index in [1.807, 2.05) is 0 Å². The fourth-order valence-electron chi connectivity index (χ4n) is 2.42. The second kappa shape index (κ2) is 9.60. The molecule has 0 atom stereocenters. The molecule has 0 aliphatic heterocycles. The number of carbonyl (C=O) groups is 4. The van der Waals surface area contributed by atoms with Gasteiger partial charge in [0.05, 0.1) is 0 Å². The minimum absolute atomic E-state index is 0.210. The van der Waals surface area contributed by atoms with Crippen LogP contribution in [0, 0.1) is 0 Å². The number of hydrogen-bond acceptors (Lipinski definition) is 5. The Morgan fingerprint density at radius 1 is 0.733 bits per heavy atom. The van der Waals surface area contributed by atoms with Crippen molar-refractivity contribution >= 4 is 35.7 Å². The van der Waals surface area contributed by atoms with Crippen molar-refractivity contribution in [2.75, 3.05) is 0 Å². The first-order chi connectivity index (χ1) is 14.0. The van der Waals surface area contributed by atoms with Gasteiger partial charge in [-0.15, -0.1) is 0 Å². The van der Waals surface area contributed by atoms with Crippen molar-refractivity contribution in [1.29, 1.82) is 0 Å². The van der Waals surface area contributed by atoms with Gasteiger partial charge in [-0.25, -0.2) is 9.59 Å². The molecule has 0 radical (unpaired) electrons. The Labute approximate surface area is 174 Å². The quantitative estimate of drug-likeness (QED) is 0.320. The molecular formula is C24H22O6. The summed E-state index contributed by atoms with van der Waals surface area (Å²) >= 11 is 0. The number of aliphatic carboxylic acids is 1. The number of carbonyl (C=O) groups excluding carboxylic acids is 3. The van der Waals surface area contributed by atoms with Crippen LogP contribution in [0.15, 0.2) is 60.7 Å². The van der Waals surface area contributed by atoms with Crippen molar-refractivity contribution in [2.45, 2.75) is 26.4 Å². The van der Waals surface area contributed by atoms with E-state index in [4.69, 9.17) is 9.84 Å². The van der Waals surface area contributed by atoms with Crippen LogP contribution in [-0.2, 0) is 14.3 Å². The molecule has 2 rings (SSSR count). The molecule has 30 heavy (non-hydrogen) atoms. The van der Waals surface area contributed by atoms with E-state index >= 15 is 0 Å². The molecule has 0 aliphatic carbocycles. The van der Waals surface area contributed by atoms with Crippen molar-refractivity contribution in [3.05, 3.63) is 82.9 Å². The summed E-state index contributed by atoms with van der Waals surface area (Å²) in [7, 11) is 0. The Hall–Kier alpha value is -3.80. The highest BCUT2D eigenvalue weighted by Crippen LogP contribution is 2.13. The zero-order chi connectivity index (χ0) is 22.3. The summed E-state index contributed by atoms with van der Waals surface area (Å²) < 4.78 is 5.18. The number of hydrogen-bond donors (Lipinski definition) is 1. The zero-order valence-electron chi connectivity index (χ0n) is 16.9. The molecule has 154 valence electrons. The van der Waals surface area contributed by atoms with Crippen LogP contribution in [-0.4, -0.2) is 34.2 Å². The van der Waals surface area contributed by atoms with Gasteiger partial charge in [-0.1, -0.05) is 48.5 Å². The van der Waals surface area contributed by atoms with Gasteiger partial charge in [-0.2, -0.15) is 0 Å². The normalized spacial score (nSPS) is 11.6. The minimum atomic E-state index is -1.07. The Morgan fingerprint density at radius 3 is 1.50 bits per heavy atom. The molecular weight excluding hydrogens is 384 g/mol. The van der Waals surface area contributed by atoms with Crippen LogP contribution < -0.4 is 0 Å². The van der Waals surface area contributed by atoms with Crippen LogP contribution in [0.3, 0.4) is 0 Å². The molecule has 0 spiro atoms. The largest absolute Gasteiger partial charge is 0.478 e. The molecule has 0 saturated heterocycles. The van der Waals surface area contributed by atoms with E-state index in [2.05, 4.69) is 0 Å². The van der Waals surface area contributed by atoms with E-state index in [1.54, 1.807) is 51.1 Å². The molecule has 0 aromatic heterocycles. The molecule has 6 nitrogen and oxygen atoms in total. The van der Waals surface area contributed by atoms with Crippen LogP contribution in [0.4, 0.5) is 0 Å². The van der Waals surface area contributed by atoms with Gasteiger partial charge in [-0.05, 0) is 44.1 Å². The number of carboxylic acids is 1. The molecule has 2 aromatic carbocycles. The highest BCUT2D eigenvalue weighted by molar-refractivity contribution is 6.49. The van der Waals surface area contributed by atoms with Crippen molar-refractivity contribution in [1.82, 2.24) is 0 Å². The molecule has 0 amide bonds. The highest BCUT2D eigenvalue weighted by atomic mass is 16.6. The fraction of sp³-hybridized carbons (Fsp3) is 0.167. The highest BCUT2D eigenvalue weighted by Gasteiger charge is 2.18. The topological polar surface area (TPSA) is 97.7 Å². The number of esters is 1. The van der Waals surface area contributed by atoms with Crippen LogP contribution in [0.2, 0.25) is 0 Å². The lowest BCUT2D eigenvalue weighted by Gasteiger charge is -2.17. The van der Waals surface area contributed by atoms with E-state index in [0.717, 1.165) is 6.08 Å². The standard InChI is InChI=1S/C24H22O6/c1-24(2,3)30-21(27)15-9-17-6-12-19(13-7-17)23(29)22(28)18-10-4-16(5-11-18)8-14-20(25)26/h4-15H,1-3H3,(H,25,26)/b14-8+,15-9+. The van der Waals surface area contributed by atoms with Gasteiger partial charge in [0, 0.05) is 23.3 Å². The van der Waals surface area contributed by atoms with E-state index in [9.17, 15) is 19.2 Å². The summed E-state index contributed by atoms with van der Waals surface area (Å²) in [4.78, 5) is 47.1. The summed E-state index contributed by atoms with van der Waals surface area (Å²) in [5.41, 5.74) is 1.13. The van der Waals surface area contributed by atoms with Gasteiger partial charge in [0.1, 0.15) is 5.60 Å². The van der Waals surface area contributed by atoms with Crippen molar-refractivity contribution in [3.8, 4) is 0 Å². The lowest BCUT2D eigenvalue weighted by Crippen LogP contribution is -2.22. The van der Waals surface area contributed by atoms with Gasteiger partial charge in [0.2, 0.25) is 11.6 Å². The smallest absolute Gasteiger partial charge is 0.331 e. The summed E-state index contributed by atoms with van der Waals surface area (Å²) in [5.74, 6) is -2.87. The van der Waals surface area contributed by atoms with E-state index in [-0.39, 0.29) is 11.1 Å². The molecule has 0 bridgehead atoms. The lowest BCUT2D eigenvalue weighted by atomic mass is 9.99. The van der Waals surface area contributed by atoms with Crippen molar-refractivity contribution in [2.24, 2.45) is 0 Å². The second-order valence-electron chi connectivity index (χ2n) is 7.44. The van der Waals surface area contributed by atoms with E-state index < -0.39 is 29.1 Å².